The van der Waals surface area contributed by atoms with Crippen molar-refractivity contribution in [2.45, 2.75) is 64.8 Å². The van der Waals surface area contributed by atoms with Crippen LogP contribution in [0.1, 0.15) is 63.9 Å². The fourth-order valence-electron chi connectivity index (χ4n) is 3.07. The van der Waals surface area contributed by atoms with Crippen LogP contribution in [0.4, 0.5) is 0 Å². The number of unbranched alkanes of at least 4 members (excludes halogenated alkanes) is 7. The molecule has 28 heavy (non-hydrogen) atoms. The second kappa shape index (κ2) is 13.4. The van der Waals surface area contributed by atoms with Crippen molar-refractivity contribution in [3.05, 3.63) is 48.0 Å². The van der Waals surface area contributed by atoms with Gasteiger partial charge >= 0.3 is 5.97 Å². The van der Waals surface area contributed by atoms with E-state index >= 15 is 0 Å². The molecule has 2 rings (SSSR count). The van der Waals surface area contributed by atoms with E-state index in [0.29, 0.717) is 6.54 Å². The van der Waals surface area contributed by atoms with Crippen LogP contribution in [0, 0.1) is 23.7 Å². The fraction of sp³-hybridized carbons (Fsp3) is 0.400. The van der Waals surface area contributed by atoms with Crippen molar-refractivity contribution in [2.75, 3.05) is 0 Å². The number of hydroxylamine groups is 1. The Morgan fingerprint density at radius 2 is 1.68 bits per heavy atom. The lowest BCUT2D eigenvalue weighted by Gasteiger charge is -2.01. The molecule has 0 aliphatic heterocycles. The molecule has 0 amide bonds. The zero-order chi connectivity index (χ0) is 19.9. The van der Waals surface area contributed by atoms with Crippen LogP contribution >= 0.6 is 0 Å². The quantitative estimate of drug-likeness (QED) is 0.287. The van der Waals surface area contributed by atoms with E-state index in [0.717, 1.165) is 18.4 Å². The SMILES string of the molecule is CCCCCCCCCC#CC#CC(=[O+])O[NH2+]Cc1cccc2ccccc12. The minimum absolute atomic E-state index is 0.554. The van der Waals surface area contributed by atoms with Gasteiger partial charge in [0.15, 0.2) is 6.54 Å². The molecule has 0 aromatic heterocycles. The average molecular weight is 377 g/mol. The predicted octanol–water partition coefficient (Wildman–Crippen LogP) is 4.51. The maximum Gasteiger partial charge on any atom is 0.715 e. The Morgan fingerprint density at radius 1 is 0.929 bits per heavy atom. The number of quaternary nitrogens is 1. The predicted molar refractivity (Wildman–Crippen MR) is 114 cm³/mol. The Hall–Kier alpha value is -2.75. The van der Waals surface area contributed by atoms with E-state index in [4.69, 9.17) is 4.84 Å². The first-order valence-corrected chi connectivity index (χ1v) is 10.3. The number of fused-ring (bicyclic) bond motifs is 1. The topological polar surface area (TPSA) is 45.7 Å². The van der Waals surface area contributed by atoms with Crippen molar-refractivity contribution in [1.82, 2.24) is 0 Å². The molecule has 1 radical (unpaired) electrons. The van der Waals surface area contributed by atoms with E-state index in [-0.39, 0.29) is 0 Å². The number of carbonyl (C=O) groups excluding carboxylic acids is 1. The van der Waals surface area contributed by atoms with Gasteiger partial charge in [0.25, 0.3) is 0 Å². The summed E-state index contributed by atoms with van der Waals surface area (Å²) in [7, 11) is 0. The number of carbonyl (C=O) groups is 1. The van der Waals surface area contributed by atoms with Crippen molar-refractivity contribution in [3.63, 3.8) is 0 Å². The van der Waals surface area contributed by atoms with Gasteiger partial charge in [-0.25, -0.2) is 0 Å². The second-order valence-corrected chi connectivity index (χ2v) is 6.84. The third kappa shape index (κ3) is 8.30. The Labute approximate surface area is 168 Å². The monoisotopic (exact) mass is 376 g/mol. The lowest BCUT2D eigenvalue weighted by Crippen LogP contribution is -2.82. The highest BCUT2D eigenvalue weighted by Gasteiger charge is 2.17. The van der Waals surface area contributed by atoms with Crippen LogP contribution in [0.3, 0.4) is 0 Å². The third-order valence-electron chi connectivity index (χ3n) is 4.59. The molecule has 0 aliphatic carbocycles. The molecule has 0 bridgehead atoms. The highest BCUT2D eigenvalue weighted by atomic mass is 16.7. The van der Waals surface area contributed by atoms with Crippen LogP contribution < -0.4 is 5.48 Å². The van der Waals surface area contributed by atoms with Crippen LogP contribution in [-0.4, -0.2) is 5.97 Å². The summed E-state index contributed by atoms with van der Waals surface area (Å²) in [4.78, 5) is 16.7. The van der Waals surface area contributed by atoms with Gasteiger partial charge in [-0.15, -0.1) is 0 Å². The summed E-state index contributed by atoms with van der Waals surface area (Å²) in [5, 5.41) is 2.34. The third-order valence-corrected chi connectivity index (χ3v) is 4.59. The smallest absolute Gasteiger partial charge is 0.0891 e. The first kappa shape index (κ1) is 21.5. The number of rotatable bonds is 10. The Kier molecular flexibility index (Phi) is 10.3. The zero-order valence-electron chi connectivity index (χ0n) is 16.8. The average Bonchev–Trinajstić information content (AvgIpc) is 2.72. The normalized spacial score (nSPS) is 9.89. The lowest BCUT2D eigenvalue weighted by molar-refractivity contribution is -0.883. The second-order valence-electron chi connectivity index (χ2n) is 6.84. The lowest BCUT2D eigenvalue weighted by atomic mass is 10.1. The summed E-state index contributed by atoms with van der Waals surface area (Å²) in [5.74, 6) is 10.2. The van der Waals surface area contributed by atoms with Gasteiger partial charge in [-0.3, -0.25) is 0 Å². The molecular formula is C25H30NO2+2. The minimum atomic E-state index is -0.564. The van der Waals surface area contributed by atoms with Gasteiger partial charge in [0.05, 0.1) is 4.79 Å². The zero-order valence-corrected chi connectivity index (χ0v) is 16.8. The summed E-state index contributed by atoms with van der Waals surface area (Å²) in [6.07, 6.45) is 9.73. The Bertz CT molecular complexity index is 859. The summed E-state index contributed by atoms with van der Waals surface area (Å²) in [5.41, 5.74) is 2.62. The highest BCUT2D eigenvalue weighted by molar-refractivity contribution is 5.88. The van der Waals surface area contributed by atoms with Crippen LogP contribution in [0.15, 0.2) is 42.5 Å². The molecule has 0 fully saturated rings. The standard InChI is InChI=1S/C25H29NO2/c1-2-3-4-5-6-7-8-9-10-11-12-20-25(27)28-26-21-23-18-15-17-22-16-13-14-19-24(22)23/h13-19,26H,2-9,21H2,1H3/q+1/p+1. The molecule has 2 aromatic carbocycles. The van der Waals surface area contributed by atoms with Gasteiger partial charge < -0.3 is 0 Å². The number of benzene rings is 2. The first-order chi connectivity index (χ1) is 13.8. The van der Waals surface area contributed by atoms with Crippen molar-refractivity contribution < 1.29 is 15.1 Å². The van der Waals surface area contributed by atoms with Gasteiger partial charge in [0.1, 0.15) is 5.92 Å². The molecule has 0 saturated heterocycles. The largest absolute Gasteiger partial charge is 0.715 e. The summed E-state index contributed by atoms with van der Waals surface area (Å²) >= 11 is 0. The summed E-state index contributed by atoms with van der Waals surface area (Å²) in [6.45, 7) is 2.79. The fourth-order valence-corrected chi connectivity index (χ4v) is 3.07. The van der Waals surface area contributed by atoms with Crippen molar-refractivity contribution in [3.8, 4) is 23.7 Å². The molecule has 145 valence electrons. The molecule has 2 aromatic rings. The minimum Gasteiger partial charge on any atom is -0.0891 e. The van der Waals surface area contributed by atoms with Crippen LogP contribution in [0.2, 0.25) is 0 Å². The van der Waals surface area contributed by atoms with E-state index in [1.165, 1.54) is 54.8 Å². The van der Waals surface area contributed by atoms with Crippen LogP contribution in [0.5, 0.6) is 0 Å². The molecule has 0 aliphatic rings. The number of nitrogens with two attached hydrogens (primary N) is 1. The van der Waals surface area contributed by atoms with Crippen molar-refractivity contribution in [2.24, 2.45) is 0 Å². The van der Waals surface area contributed by atoms with Gasteiger partial charge in [0.2, 0.25) is 0 Å². The maximum absolute atomic E-state index is 11.7. The molecular weight excluding hydrogens is 346 g/mol. The first-order valence-electron chi connectivity index (χ1n) is 10.3. The molecule has 3 nitrogen and oxygen atoms in total. The van der Waals surface area contributed by atoms with Crippen LogP contribution in [-0.2, 0) is 16.2 Å². The molecule has 0 spiro atoms. The van der Waals surface area contributed by atoms with Gasteiger partial charge in [0, 0.05) is 17.9 Å². The Morgan fingerprint density at radius 3 is 2.54 bits per heavy atom. The summed E-state index contributed by atoms with van der Waals surface area (Å²) < 4.78 is 0. The van der Waals surface area contributed by atoms with E-state index in [2.05, 4.69) is 48.8 Å². The highest BCUT2D eigenvalue weighted by Crippen LogP contribution is 2.17. The molecule has 0 unspecified atom stereocenters. The number of hydrogen-bond acceptors (Lipinski definition) is 2. The molecule has 3 heteroatoms. The molecule has 2 N–H and O–H groups in total. The van der Waals surface area contributed by atoms with E-state index in [9.17, 15) is 4.79 Å². The maximum atomic E-state index is 11.7. The van der Waals surface area contributed by atoms with Gasteiger partial charge in [-0.05, 0) is 23.1 Å². The number of hydrogen-bond donors (Lipinski definition) is 1. The summed E-state index contributed by atoms with van der Waals surface area (Å²) in [6, 6.07) is 14.3. The van der Waals surface area contributed by atoms with Crippen molar-refractivity contribution in [1.29, 1.82) is 0 Å². The molecule has 0 atom stereocenters. The van der Waals surface area contributed by atoms with E-state index < -0.39 is 5.97 Å². The van der Waals surface area contributed by atoms with Gasteiger partial charge in [-0.1, -0.05) is 104 Å². The molecule has 0 heterocycles. The van der Waals surface area contributed by atoms with Crippen LogP contribution in [0.25, 0.3) is 10.8 Å². The Balaban J connectivity index is 1.62. The van der Waals surface area contributed by atoms with Gasteiger partial charge in [-0.2, -0.15) is 0 Å². The van der Waals surface area contributed by atoms with E-state index in [1.807, 2.05) is 24.3 Å². The van der Waals surface area contributed by atoms with Crippen molar-refractivity contribution >= 4 is 16.7 Å². The molecule has 0 saturated carbocycles. The van der Waals surface area contributed by atoms with E-state index in [1.54, 1.807) is 0 Å².